The van der Waals surface area contributed by atoms with Crippen LogP contribution in [-0.2, 0) is 0 Å². The van der Waals surface area contributed by atoms with Gasteiger partial charge in [0, 0.05) is 32.7 Å². The van der Waals surface area contributed by atoms with Crippen molar-refractivity contribution >= 4 is 11.7 Å². The van der Waals surface area contributed by atoms with Gasteiger partial charge in [-0.25, -0.2) is 9.97 Å². The van der Waals surface area contributed by atoms with Crippen LogP contribution in [0.1, 0.15) is 36.1 Å². The van der Waals surface area contributed by atoms with E-state index in [9.17, 15) is 4.79 Å². The SMILES string of the molecule is CCCCN(C)c1cc(C(=O)NCCN(C)C)nc(C)n1. The van der Waals surface area contributed by atoms with Gasteiger partial charge in [0.25, 0.3) is 5.91 Å². The Morgan fingerprint density at radius 3 is 2.57 bits per heavy atom. The molecule has 0 aliphatic carbocycles. The van der Waals surface area contributed by atoms with Crippen molar-refractivity contribution in [2.45, 2.75) is 26.7 Å². The molecule has 1 rings (SSSR count). The summed E-state index contributed by atoms with van der Waals surface area (Å²) in [6.45, 7) is 6.31. The van der Waals surface area contributed by atoms with Gasteiger partial charge in [-0.2, -0.15) is 0 Å². The van der Waals surface area contributed by atoms with Crippen molar-refractivity contribution < 1.29 is 4.79 Å². The minimum atomic E-state index is -0.146. The lowest BCUT2D eigenvalue weighted by Gasteiger charge is -2.18. The van der Waals surface area contributed by atoms with Crippen LogP contribution in [0.15, 0.2) is 6.07 Å². The number of nitrogens with one attached hydrogen (secondary N) is 1. The summed E-state index contributed by atoms with van der Waals surface area (Å²) in [4.78, 5) is 24.9. The number of hydrogen-bond acceptors (Lipinski definition) is 5. The molecule has 0 unspecified atom stereocenters. The number of amides is 1. The molecule has 1 aromatic heterocycles. The quantitative estimate of drug-likeness (QED) is 0.783. The van der Waals surface area contributed by atoms with E-state index >= 15 is 0 Å². The van der Waals surface area contributed by atoms with Gasteiger partial charge in [0.15, 0.2) is 0 Å². The van der Waals surface area contributed by atoms with Crippen LogP contribution in [0.5, 0.6) is 0 Å². The first kappa shape index (κ1) is 17.4. The molecule has 6 heteroatoms. The summed E-state index contributed by atoms with van der Waals surface area (Å²) < 4.78 is 0. The molecule has 1 heterocycles. The number of anilines is 1. The van der Waals surface area contributed by atoms with E-state index in [1.165, 1.54) is 0 Å². The van der Waals surface area contributed by atoms with Gasteiger partial charge >= 0.3 is 0 Å². The van der Waals surface area contributed by atoms with E-state index in [1.54, 1.807) is 6.07 Å². The van der Waals surface area contributed by atoms with E-state index < -0.39 is 0 Å². The standard InChI is InChI=1S/C15H27N5O/c1-6-7-9-20(5)14-11-13(17-12(2)18-14)15(21)16-8-10-19(3)4/h11H,6-10H2,1-5H3,(H,16,21). The van der Waals surface area contributed by atoms with Crippen molar-refractivity contribution in [3.63, 3.8) is 0 Å². The molecular formula is C15H27N5O. The van der Waals surface area contributed by atoms with Crippen molar-refractivity contribution in [3.8, 4) is 0 Å². The van der Waals surface area contributed by atoms with Gasteiger partial charge < -0.3 is 15.1 Å². The van der Waals surface area contributed by atoms with Gasteiger partial charge in [-0.1, -0.05) is 13.3 Å². The highest BCUT2D eigenvalue weighted by Crippen LogP contribution is 2.12. The van der Waals surface area contributed by atoms with Gasteiger partial charge in [-0.15, -0.1) is 0 Å². The van der Waals surface area contributed by atoms with E-state index in [0.717, 1.165) is 31.7 Å². The van der Waals surface area contributed by atoms with E-state index in [1.807, 2.05) is 33.0 Å². The van der Waals surface area contributed by atoms with Gasteiger partial charge in [0.2, 0.25) is 0 Å². The summed E-state index contributed by atoms with van der Waals surface area (Å²) in [5.74, 6) is 1.27. The number of nitrogens with zero attached hydrogens (tertiary/aromatic N) is 4. The molecular weight excluding hydrogens is 266 g/mol. The predicted molar refractivity (Wildman–Crippen MR) is 85.8 cm³/mol. The highest BCUT2D eigenvalue weighted by atomic mass is 16.1. The first-order valence-electron chi connectivity index (χ1n) is 7.43. The smallest absolute Gasteiger partial charge is 0.270 e. The maximum Gasteiger partial charge on any atom is 0.270 e. The second-order valence-electron chi connectivity index (χ2n) is 5.49. The van der Waals surface area contributed by atoms with Crippen LogP contribution in [0, 0.1) is 6.92 Å². The number of aryl methyl sites for hydroxylation is 1. The number of hydrogen-bond donors (Lipinski definition) is 1. The molecule has 0 saturated carbocycles. The lowest BCUT2D eigenvalue weighted by Crippen LogP contribution is -2.32. The Hall–Kier alpha value is -1.69. The number of likely N-dealkylation sites (N-methyl/N-ethyl adjacent to an activating group) is 1. The fraction of sp³-hybridized carbons (Fsp3) is 0.667. The van der Waals surface area contributed by atoms with E-state index in [2.05, 4.69) is 27.1 Å². The van der Waals surface area contributed by atoms with Crippen LogP contribution >= 0.6 is 0 Å². The number of unbranched alkanes of at least 4 members (excludes halogenated alkanes) is 1. The normalized spacial score (nSPS) is 10.8. The van der Waals surface area contributed by atoms with Crippen LogP contribution in [0.2, 0.25) is 0 Å². The molecule has 1 amide bonds. The van der Waals surface area contributed by atoms with E-state index in [-0.39, 0.29) is 5.91 Å². The number of aromatic nitrogens is 2. The molecule has 0 bridgehead atoms. The number of carbonyl (C=O) groups is 1. The monoisotopic (exact) mass is 293 g/mol. The van der Waals surface area contributed by atoms with Crippen LogP contribution in [0.3, 0.4) is 0 Å². The summed E-state index contributed by atoms with van der Waals surface area (Å²) in [6, 6.07) is 1.76. The highest BCUT2D eigenvalue weighted by molar-refractivity contribution is 5.92. The first-order valence-corrected chi connectivity index (χ1v) is 7.43. The molecule has 0 aromatic carbocycles. The molecule has 1 N–H and O–H groups in total. The minimum Gasteiger partial charge on any atom is -0.360 e. The molecule has 0 saturated heterocycles. The average Bonchev–Trinajstić information content (AvgIpc) is 2.43. The molecule has 6 nitrogen and oxygen atoms in total. The van der Waals surface area contributed by atoms with Gasteiger partial charge in [0.1, 0.15) is 17.3 Å². The van der Waals surface area contributed by atoms with Crippen molar-refractivity contribution in [1.29, 1.82) is 0 Å². The van der Waals surface area contributed by atoms with E-state index in [0.29, 0.717) is 18.1 Å². The molecule has 0 spiro atoms. The second-order valence-corrected chi connectivity index (χ2v) is 5.49. The Kier molecular flexibility index (Phi) is 7.08. The zero-order valence-corrected chi connectivity index (χ0v) is 13.8. The fourth-order valence-electron chi connectivity index (χ4n) is 1.86. The third-order valence-corrected chi connectivity index (χ3v) is 3.14. The largest absolute Gasteiger partial charge is 0.360 e. The third-order valence-electron chi connectivity index (χ3n) is 3.14. The molecule has 0 aliphatic rings. The van der Waals surface area contributed by atoms with Crippen molar-refractivity contribution in [3.05, 3.63) is 17.6 Å². The lowest BCUT2D eigenvalue weighted by atomic mass is 10.3. The van der Waals surface area contributed by atoms with Crippen molar-refractivity contribution in [1.82, 2.24) is 20.2 Å². The molecule has 0 fully saturated rings. The second kappa shape index (κ2) is 8.56. The molecule has 0 radical (unpaired) electrons. The third kappa shape index (κ3) is 6.08. The van der Waals surface area contributed by atoms with Crippen molar-refractivity contribution in [2.24, 2.45) is 0 Å². The zero-order chi connectivity index (χ0) is 15.8. The summed E-state index contributed by atoms with van der Waals surface area (Å²) in [5.41, 5.74) is 0.430. The Bertz CT molecular complexity index is 461. The topological polar surface area (TPSA) is 61.4 Å². The summed E-state index contributed by atoms with van der Waals surface area (Å²) in [6.07, 6.45) is 2.23. The highest BCUT2D eigenvalue weighted by Gasteiger charge is 2.12. The maximum absolute atomic E-state index is 12.1. The van der Waals surface area contributed by atoms with Gasteiger partial charge in [-0.05, 0) is 27.4 Å². The summed E-state index contributed by atoms with van der Waals surface area (Å²) in [7, 11) is 5.94. The minimum absolute atomic E-state index is 0.146. The Morgan fingerprint density at radius 2 is 1.95 bits per heavy atom. The van der Waals surface area contributed by atoms with Crippen LogP contribution < -0.4 is 10.2 Å². The van der Waals surface area contributed by atoms with E-state index in [4.69, 9.17) is 0 Å². The fourth-order valence-corrected chi connectivity index (χ4v) is 1.86. The maximum atomic E-state index is 12.1. The first-order chi connectivity index (χ1) is 9.93. The van der Waals surface area contributed by atoms with Crippen LogP contribution in [0.25, 0.3) is 0 Å². The van der Waals surface area contributed by atoms with Crippen LogP contribution in [0.4, 0.5) is 5.82 Å². The number of carbonyl (C=O) groups excluding carboxylic acids is 1. The molecule has 0 atom stereocenters. The lowest BCUT2D eigenvalue weighted by molar-refractivity contribution is 0.0945. The van der Waals surface area contributed by atoms with Crippen molar-refractivity contribution in [2.75, 3.05) is 45.7 Å². The molecule has 1 aromatic rings. The summed E-state index contributed by atoms with van der Waals surface area (Å²) >= 11 is 0. The Morgan fingerprint density at radius 1 is 1.24 bits per heavy atom. The van der Waals surface area contributed by atoms with Crippen LogP contribution in [-0.4, -0.2) is 61.6 Å². The average molecular weight is 293 g/mol. The molecule has 21 heavy (non-hydrogen) atoms. The van der Waals surface area contributed by atoms with Gasteiger partial charge in [-0.3, -0.25) is 4.79 Å². The molecule has 118 valence electrons. The zero-order valence-electron chi connectivity index (χ0n) is 13.8. The Balaban J connectivity index is 2.74. The molecule has 0 aliphatic heterocycles. The van der Waals surface area contributed by atoms with Gasteiger partial charge in [0.05, 0.1) is 0 Å². The Labute approximate surface area is 127 Å². The number of rotatable bonds is 8. The summed E-state index contributed by atoms with van der Waals surface area (Å²) in [5, 5.41) is 2.88. The predicted octanol–water partition coefficient (Wildman–Crippen LogP) is 1.31.